The molecular formula is C31H60O8. The first kappa shape index (κ1) is 36.3. The second-order valence-electron chi connectivity index (χ2n) is 11.2. The number of aliphatic hydroxyl groups is 5. The van der Waals surface area contributed by atoms with Gasteiger partial charge in [0.1, 0.15) is 37.1 Å². The Morgan fingerprint density at radius 1 is 0.667 bits per heavy atom. The molecule has 0 aromatic rings. The summed E-state index contributed by atoms with van der Waals surface area (Å²) >= 11 is 0. The Morgan fingerprint density at radius 2 is 1.15 bits per heavy atom. The van der Waals surface area contributed by atoms with Crippen molar-refractivity contribution in [3.8, 4) is 0 Å². The second-order valence-corrected chi connectivity index (χ2v) is 11.2. The van der Waals surface area contributed by atoms with E-state index in [0.717, 1.165) is 12.8 Å². The fourth-order valence-electron chi connectivity index (χ4n) is 4.93. The second kappa shape index (κ2) is 25.0. The van der Waals surface area contributed by atoms with E-state index in [4.69, 9.17) is 14.2 Å². The largest absolute Gasteiger partial charge is 0.499 e. The summed E-state index contributed by atoms with van der Waals surface area (Å²) in [5.74, 6) is 0. The lowest BCUT2D eigenvalue weighted by molar-refractivity contribution is -0.304. The molecule has 6 atom stereocenters. The number of hydrogen-bond donors (Lipinski definition) is 5. The number of rotatable bonds is 26. The van der Waals surface area contributed by atoms with Crippen LogP contribution in [-0.4, -0.2) is 82.2 Å². The quantitative estimate of drug-likeness (QED) is 0.0728. The highest BCUT2D eigenvalue weighted by Gasteiger charge is 2.44. The third-order valence-electron chi connectivity index (χ3n) is 7.51. The van der Waals surface area contributed by atoms with E-state index in [0.29, 0.717) is 0 Å². The third-order valence-corrected chi connectivity index (χ3v) is 7.51. The summed E-state index contributed by atoms with van der Waals surface area (Å²) in [6, 6.07) is 0. The molecule has 0 amide bonds. The van der Waals surface area contributed by atoms with Crippen molar-refractivity contribution in [1.82, 2.24) is 0 Å². The lowest BCUT2D eigenvalue weighted by atomic mass is 9.99. The summed E-state index contributed by atoms with van der Waals surface area (Å²) in [6.07, 6.45) is 21.4. The van der Waals surface area contributed by atoms with Crippen LogP contribution in [0.5, 0.6) is 0 Å². The van der Waals surface area contributed by atoms with Gasteiger partial charge in [0.05, 0.1) is 19.5 Å². The molecule has 1 aliphatic heterocycles. The Balaban J connectivity index is 1.85. The van der Waals surface area contributed by atoms with E-state index in [2.05, 4.69) is 6.92 Å². The lowest BCUT2D eigenvalue weighted by Crippen LogP contribution is -2.59. The SMILES string of the molecule is CCCCCCCCCCCCCCCCCCCCC=COCC(O)CO[C@@H]1O[C@H](CO)[C@H](O)[C@H](O)[C@H]1O. The van der Waals surface area contributed by atoms with Crippen molar-refractivity contribution in [2.75, 3.05) is 19.8 Å². The van der Waals surface area contributed by atoms with E-state index >= 15 is 0 Å². The van der Waals surface area contributed by atoms with Gasteiger partial charge in [-0.15, -0.1) is 0 Å². The first-order valence-electron chi connectivity index (χ1n) is 15.9. The molecule has 8 nitrogen and oxygen atoms in total. The maximum atomic E-state index is 9.99. The number of aliphatic hydroxyl groups excluding tert-OH is 5. The smallest absolute Gasteiger partial charge is 0.186 e. The number of hydrogen-bond acceptors (Lipinski definition) is 8. The van der Waals surface area contributed by atoms with Gasteiger partial charge in [-0.1, -0.05) is 116 Å². The molecule has 5 N–H and O–H groups in total. The molecule has 1 fully saturated rings. The van der Waals surface area contributed by atoms with E-state index in [1.807, 2.05) is 6.08 Å². The maximum absolute atomic E-state index is 9.99. The normalized spacial score (nSPS) is 24.4. The van der Waals surface area contributed by atoms with Crippen LogP contribution in [0.4, 0.5) is 0 Å². The Morgan fingerprint density at radius 3 is 1.64 bits per heavy atom. The van der Waals surface area contributed by atoms with Gasteiger partial charge in [0.15, 0.2) is 6.29 Å². The molecule has 232 valence electrons. The molecule has 1 unspecified atom stereocenters. The molecule has 0 aromatic carbocycles. The summed E-state index contributed by atoms with van der Waals surface area (Å²) in [6.45, 7) is 1.59. The highest BCUT2D eigenvalue weighted by Crippen LogP contribution is 2.22. The molecule has 1 rings (SSSR count). The van der Waals surface area contributed by atoms with Crippen molar-refractivity contribution in [2.24, 2.45) is 0 Å². The van der Waals surface area contributed by atoms with Gasteiger partial charge in [-0.3, -0.25) is 0 Å². The zero-order valence-corrected chi connectivity index (χ0v) is 24.6. The summed E-state index contributed by atoms with van der Waals surface area (Å²) < 4.78 is 15.9. The first-order valence-corrected chi connectivity index (χ1v) is 15.9. The van der Waals surface area contributed by atoms with Crippen LogP contribution in [0.2, 0.25) is 0 Å². The average Bonchev–Trinajstić information content (AvgIpc) is 2.94. The zero-order valence-electron chi connectivity index (χ0n) is 24.6. The van der Waals surface area contributed by atoms with Gasteiger partial charge >= 0.3 is 0 Å². The van der Waals surface area contributed by atoms with Crippen LogP contribution in [0.15, 0.2) is 12.3 Å². The summed E-state index contributed by atoms with van der Waals surface area (Å²) in [7, 11) is 0. The molecule has 0 saturated carbocycles. The van der Waals surface area contributed by atoms with E-state index < -0.39 is 43.4 Å². The van der Waals surface area contributed by atoms with Gasteiger partial charge < -0.3 is 39.7 Å². The van der Waals surface area contributed by atoms with Gasteiger partial charge in [0, 0.05) is 0 Å². The van der Waals surface area contributed by atoms with Crippen LogP contribution in [0.25, 0.3) is 0 Å². The monoisotopic (exact) mass is 560 g/mol. The third kappa shape index (κ3) is 18.3. The van der Waals surface area contributed by atoms with Crippen LogP contribution >= 0.6 is 0 Å². The van der Waals surface area contributed by atoms with Crippen molar-refractivity contribution >= 4 is 0 Å². The molecule has 0 aliphatic carbocycles. The Labute approximate surface area is 237 Å². The average molecular weight is 561 g/mol. The Hall–Kier alpha value is -0.740. The minimum Gasteiger partial charge on any atom is -0.499 e. The van der Waals surface area contributed by atoms with Gasteiger partial charge in [-0.05, 0) is 18.9 Å². The standard InChI is InChI=1S/C31H60O8/c1-2-3-4-5-6-7-8-9-10-11-12-13-14-15-16-17-18-19-20-21-22-37-24-26(33)25-38-31-30(36)29(35)28(34)27(23-32)39-31/h21-22,26-36H,2-20,23-25H2,1H3/t26?,27-,28+,29+,30-,31-/m1/s1. The van der Waals surface area contributed by atoms with Crippen molar-refractivity contribution in [1.29, 1.82) is 0 Å². The molecule has 1 aliphatic rings. The molecule has 8 heteroatoms. The van der Waals surface area contributed by atoms with Crippen molar-refractivity contribution < 1.29 is 39.7 Å². The van der Waals surface area contributed by atoms with Crippen LogP contribution in [0.3, 0.4) is 0 Å². The predicted molar refractivity (Wildman–Crippen MR) is 154 cm³/mol. The number of allylic oxidation sites excluding steroid dienone is 1. The summed E-state index contributed by atoms with van der Waals surface area (Å²) in [5, 5.41) is 48.6. The highest BCUT2D eigenvalue weighted by molar-refractivity contribution is 4.89. The lowest BCUT2D eigenvalue weighted by Gasteiger charge is -2.39. The molecule has 39 heavy (non-hydrogen) atoms. The van der Waals surface area contributed by atoms with Gasteiger partial charge in [-0.25, -0.2) is 0 Å². The molecule has 0 radical (unpaired) electrons. The first-order chi connectivity index (χ1) is 19.0. The van der Waals surface area contributed by atoms with E-state index in [1.165, 1.54) is 109 Å². The van der Waals surface area contributed by atoms with E-state index in [1.54, 1.807) is 6.26 Å². The number of unbranched alkanes of at least 4 members (excludes halogenated alkanes) is 18. The maximum Gasteiger partial charge on any atom is 0.186 e. The fraction of sp³-hybridized carbons (Fsp3) is 0.935. The topological polar surface area (TPSA) is 129 Å². The Kier molecular flexibility index (Phi) is 23.3. The van der Waals surface area contributed by atoms with Crippen LogP contribution in [0, 0.1) is 0 Å². The summed E-state index contributed by atoms with van der Waals surface area (Å²) in [4.78, 5) is 0. The molecule has 0 spiro atoms. The fourth-order valence-corrected chi connectivity index (χ4v) is 4.93. The van der Waals surface area contributed by atoms with Crippen LogP contribution < -0.4 is 0 Å². The van der Waals surface area contributed by atoms with E-state index in [9.17, 15) is 25.5 Å². The molecule has 1 heterocycles. The number of ether oxygens (including phenoxy) is 3. The Bertz CT molecular complexity index is 559. The van der Waals surface area contributed by atoms with Crippen molar-refractivity contribution in [3.63, 3.8) is 0 Å². The molecular weight excluding hydrogens is 500 g/mol. The van der Waals surface area contributed by atoms with E-state index in [-0.39, 0.29) is 13.2 Å². The minimum absolute atomic E-state index is 0.0209. The van der Waals surface area contributed by atoms with Crippen LogP contribution in [-0.2, 0) is 14.2 Å². The van der Waals surface area contributed by atoms with Crippen molar-refractivity contribution in [2.45, 2.75) is 166 Å². The molecule has 0 bridgehead atoms. The van der Waals surface area contributed by atoms with Crippen LogP contribution in [0.1, 0.15) is 129 Å². The van der Waals surface area contributed by atoms with Crippen molar-refractivity contribution in [3.05, 3.63) is 12.3 Å². The molecule has 1 saturated heterocycles. The predicted octanol–water partition coefficient (Wildman–Crippen LogP) is 5.13. The zero-order chi connectivity index (χ0) is 28.6. The summed E-state index contributed by atoms with van der Waals surface area (Å²) in [5.41, 5.74) is 0. The molecule has 0 aromatic heterocycles. The minimum atomic E-state index is -1.50. The van der Waals surface area contributed by atoms with Gasteiger partial charge in [0.2, 0.25) is 0 Å². The van der Waals surface area contributed by atoms with Gasteiger partial charge in [0.25, 0.3) is 0 Å². The van der Waals surface area contributed by atoms with Gasteiger partial charge in [-0.2, -0.15) is 0 Å². The highest BCUT2D eigenvalue weighted by atomic mass is 16.7.